The number of carbonyl (C=O) groups excluding carboxylic acids is 1. The molecule has 2 atom stereocenters. The molecule has 4 aliphatic rings. The van der Waals surface area contributed by atoms with Gasteiger partial charge < -0.3 is 9.47 Å². The summed E-state index contributed by atoms with van der Waals surface area (Å²) in [7, 11) is 2.04. The van der Waals surface area contributed by atoms with E-state index in [9.17, 15) is 4.79 Å². The maximum Gasteiger partial charge on any atom is 0.227 e. The van der Waals surface area contributed by atoms with Crippen molar-refractivity contribution in [2.45, 2.75) is 44.7 Å². The number of rotatable bonds is 4. The van der Waals surface area contributed by atoms with Gasteiger partial charge in [-0.2, -0.15) is 0 Å². The van der Waals surface area contributed by atoms with Crippen LogP contribution in [0.25, 0.3) is 0 Å². The van der Waals surface area contributed by atoms with Crippen molar-refractivity contribution >= 4 is 5.91 Å². The van der Waals surface area contributed by atoms with Crippen molar-refractivity contribution in [3.8, 4) is 0 Å². The number of piperidine rings is 1. The van der Waals surface area contributed by atoms with E-state index in [-0.39, 0.29) is 5.92 Å². The summed E-state index contributed by atoms with van der Waals surface area (Å²) in [5.74, 6) is 2.50. The fraction of sp³-hybridized carbons (Fsp3) is 0.765. The molecule has 5 heteroatoms. The molecule has 1 aliphatic carbocycles. The Morgan fingerprint density at radius 3 is 2.77 bits per heavy atom. The van der Waals surface area contributed by atoms with E-state index in [0.717, 1.165) is 44.3 Å². The molecule has 4 fully saturated rings. The highest BCUT2D eigenvalue weighted by Gasteiger charge is 2.41. The van der Waals surface area contributed by atoms with E-state index >= 15 is 0 Å². The van der Waals surface area contributed by atoms with Gasteiger partial charge in [0.15, 0.2) is 0 Å². The van der Waals surface area contributed by atoms with Gasteiger partial charge in [0, 0.05) is 45.1 Å². The number of aromatic nitrogens is 2. The highest BCUT2D eigenvalue weighted by molar-refractivity contribution is 5.80. The summed E-state index contributed by atoms with van der Waals surface area (Å²) in [6.45, 7) is 3.79. The number of nitrogens with zero attached hydrogens (tertiary/aromatic N) is 4. The van der Waals surface area contributed by atoms with Gasteiger partial charge in [-0.15, -0.1) is 0 Å². The molecule has 3 saturated heterocycles. The van der Waals surface area contributed by atoms with E-state index in [2.05, 4.69) is 19.4 Å². The minimum atomic E-state index is 0.207. The lowest BCUT2D eigenvalue weighted by Crippen LogP contribution is -2.50. The summed E-state index contributed by atoms with van der Waals surface area (Å²) in [6, 6.07) is 0.423. The molecule has 0 N–H and O–H groups in total. The van der Waals surface area contributed by atoms with Crippen molar-refractivity contribution in [2.75, 3.05) is 19.6 Å². The number of imidazole rings is 1. The predicted molar refractivity (Wildman–Crippen MR) is 84.1 cm³/mol. The van der Waals surface area contributed by atoms with Crippen LogP contribution in [-0.4, -0.2) is 50.9 Å². The van der Waals surface area contributed by atoms with Crippen LogP contribution in [0.15, 0.2) is 12.4 Å². The standard InChI is InChI=1S/C17H26N4O/c1-19-8-7-18-16(19)12-20-10-14-5-6-15(11-20)21(17(14)22)9-13-3-2-4-13/h7-8,13-15H,2-6,9-12H2,1H3/t14-,15+/m1/s1. The normalized spacial score (nSPS) is 29.7. The van der Waals surface area contributed by atoms with Crippen LogP contribution in [0.5, 0.6) is 0 Å². The summed E-state index contributed by atoms with van der Waals surface area (Å²) in [5, 5.41) is 0. The molecule has 4 heterocycles. The van der Waals surface area contributed by atoms with Crippen molar-refractivity contribution < 1.29 is 4.79 Å². The third-order valence-corrected chi connectivity index (χ3v) is 5.83. The highest BCUT2D eigenvalue weighted by atomic mass is 16.2. The number of carbonyl (C=O) groups is 1. The molecule has 3 aliphatic heterocycles. The van der Waals surface area contributed by atoms with Crippen molar-refractivity contribution in [3.63, 3.8) is 0 Å². The van der Waals surface area contributed by atoms with Gasteiger partial charge in [-0.05, 0) is 31.6 Å². The van der Waals surface area contributed by atoms with Crippen LogP contribution in [-0.2, 0) is 18.4 Å². The first-order valence-corrected chi connectivity index (χ1v) is 8.69. The van der Waals surface area contributed by atoms with Gasteiger partial charge in [0.1, 0.15) is 5.82 Å². The quantitative estimate of drug-likeness (QED) is 0.849. The zero-order valence-corrected chi connectivity index (χ0v) is 13.4. The second-order valence-electron chi connectivity index (χ2n) is 7.36. The summed E-state index contributed by atoms with van der Waals surface area (Å²) in [5.41, 5.74) is 0. The first kappa shape index (κ1) is 14.2. The monoisotopic (exact) mass is 302 g/mol. The number of hydrogen-bond donors (Lipinski definition) is 0. The van der Waals surface area contributed by atoms with E-state index in [1.165, 1.54) is 25.7 Å². The van der Waals surface area contributed by atoms with Crippen LogP contribution in [0.3, 0.4) is 0 Å². The van der Waals surface area contributed by atoms with Gasteiger partial charge in [0.2, 0.25) is 5.91 Å². The predicted octanol–water partition coefficient (Wildman–Crippen LogP) is 1.64. The van der Waals surface area contributed by atoms with Gasteiger partial charge in [0.05, 0.1) is 12.5 Å². The molecule has 0 spiro atoms. The maximum absolute atomic E-state index is 12.8. The molecular formula is C17H26N4O. The lowest BCUT2D eigenvalue weighted by atomic mass is 9.83. The van der Waals surface area contributed by atoms with Gasteiger partial charge in [-0.1, -0.05) is 6.42 Å². The van der Waals surface area contributed by atoms with Crippen LogP contribution in [0.4, 0.5) is 0 Å². The minimum Gasteiger partial charge on any atom is -0.338 e. The first-order chi connectivity index (χ1) is 10.7. The average molecular weight is 302 g/mol. The van der Waals surface area contributed by atoms with Gasteiger partial charge in [0.25, 0.3) is 0 Å². The van der Waals surface area contributed by atoms with Crippen LogP contribution in [0.1, 0.15) is 37.9 Å². The zero-order valence-electron chi connectivity index (χ0n) is 13.4. The first-order valence-electron chi connectivity index (χ1n) is 8.69. The Morgan fingerprint density at radius 2 is 2.09 bits per heavy atom. The number of aryl methyl sites for hydroxylation is 1. The number of fused-ring (bicyclic) bond motifs is 4. The molecule has 120 valence electrons. The summed E-state index contributed by atoms with van der Waals surface area (Å²) in [6.07, 6.45) is 10.1. The Morgan fingerprint density at radius 1 is 1.23 bits per heavy atom. The molecule has 5 rings (SSSR count). The van der Waals surface area contributed by atoms with Crippen LogP contribution < -0.4 is 0 Å². The lowest BCUT2D eigenvalue weighted by Gasteiger charge is -2.40. The third kappa shape index (κ3) is 2.56. The Labute approximate surface area is 132 Å². The summed E-state index contributed by atoms with van der Waals surface area (Å²) in [4.78, 5) is 21.9. The van der Waals surface area contributed by atoms with Crippen molar-refractivity contribution in [3.05, 3.63) is 18.2 Å². The molecule has 0 radical (unpaired) electrons. The largest absolute Gasteiger partial charge is 0.338 e. The van der Waals surface area contributed by atoms with E-state index in [1.54, 1.807) is 0 Å². The maximum atomic E-state index is 12.8. The number of amides is 1. The molecule has 1 amide bonds. The topological polar surface area (TPSA) is 41.4 Å². The van der Waals surface area contributed by atoms with Gasteiger partial charge in [-0.25, -0.2) is 4.98 Å². The molecule has 5 nitrogen and oxygen atoms in total. The minimum absolute atomic E-state index is 0.207. The molecule has 1 aromatic rings. The fourth-order valence-corrected chi connectivity index (χ4v) is 4.20. The SMILES string of the molecule is Cn1ccnc1CN1C[C@H]2CC[C@@H](C1)N(CC1CCC1)C2=O. The average Bonchev–Trinajstić information content (AvgIpc) is 2.69. The molecule has 1 aromatic heterocycles. The highest BCUT2D eigenvalue weighted by Crippen LogP contribution is 2.34. The van der Waals surface area contributed by atoms with Crippen molar-refractivity contribution in [1.82, 2.24) is 19.4 Å². The Kier molecular flexibility index (Phi) is 3.68. The second kappa shape index (κ2) is 5.69. The van der Waals surface area contributed by atoms with Gasteiger partial charge >= 0.3 is 0 Å². The molecule has 1 saturated carbocycles. The van der Waals surface area contributed by atoms with E-state index in [1.807, 2.05) is 19.4 Å². The van der Waals surface area contributed by atoms with Crippen LogP contribution in [0.2, 0.25) is 0 Å². The fourth-order valence-electron chi connectivity index (χ4n) is 4.20. The van der Waals surface area contributed by atoms with Crippen molar-refractivity contribution in [2.24, 2.45) is 18.9 Å². The van der Waals surface area contributed by atoms with Crippen molar-refractivity contribution in [1.29, 1.82) is 0 Å². The lowest BCUT2D eigenvalue weighted by molar-refractivity contribution is -0.141. The van der Waals surface area contributed by atoms with E-state index in [0.29, 0.717) is 11.9 Å². The molecular weight excluding hydrogens is 276 g/mol. The Balaban J connectivity index is 1.47. The summed E-state index contributed by atoms with van der Waals surface area (Å²) >= 11 is 0. The Hall–Kier alpha value is -1.36. The van der Waals surface area contributed by atoms with E-state index in [4.69, 9.17) is 0 Å². The summed E-state index contributed by atoms with van der Waals surface area (Å²) < 4.78 is 2.08. The smallest absolute Gasteiger partial charge is 0.227 e. The van der Waals surface area contributed by atoms with Crippen LogP contribution in [0, 0.1) is 11.8 Å². The molecule has 22 heavy (non-hydrogen) atoms. The molecule has 0 unspecified atom stereocenters. The van der Waals surface area contributed by atoms with Gasteiger partial charge in [-0.3, -0.25) is 9.69 Å². The van der Waals surface area contributed by atoms with E-state index < -0.39 is 0 Å². The number of hydrogen-bond acceptors (Lipinski definition) is 3. The van der Waals surface area contributed by atoms with Crippen LogP contribution >= 0.6 is 0 Å². The third-order valence-electron chi connectivity index (χ3n) is 5.83. The molecule has 0 aromatic carbocycles. The second-order valence-corrected chi connectivity index (χ2v) is 7.36. The zero-order chi connectivity index (χ0) is 15.1. The molecule has 2 bridgehead atoms. The Bertz CT molecular complexity index is 551.